The van der Waals surface area contributed by atoms with Crippen LogP contribution in [0.25, 0.3) is 0 Å². The molecule has 0 aromatic heterocycles. The first-order valence-corrected chi connectivity index (χ1v) is 7.55. The van der Waals surface area contributed by atoms with Crippen LogP contribution in [-0.2, 0) is 13.0 Å². The van der Waals surface area contributed by atoms with Crippen molar-refractivity contribution in [3.8, 4) is 0 Å². The summed E-state index contributed by atoms with van der Waals surface area (Å²) in [5, 5.41) is 3.49. The Hall–Kier alpha value is -0.860. The van der Waals surface area contributed by atoms with E-state index >= 15 is 0 Å². The Kier molecular flexibility index (Phi) is 7.11. The molecule has 0 aliphatic rings. The quantitative estimate of drug-likeness (QED) is 0.772. The van der Waals surface area contributed by atoms with Gasteiger partial charge < -0.3 is 5.32 Å². The summed E-state index contributed by atoms with van der Waals surface area (Å²) in [6.07, 6.45) is 2.32. The van der Waals surface area contributed by atoms with Crippen LogP contribution in [-0.4, -0.2) is 30.6 Å². The Balaban J connectivity index is 2.62. The molecule has 0 saturated heterocycles. The van der Waals surface area contributed by atoms with Crippen molar-refractivity contribution in [2.45, 2.75) is 59.2 Å². The van der Waals surface area contributed by atoms with Crippen LogP contribution in [0.5, 0.6) is 0 Å². The van der Waals surface area contributed by atoms with Gasteiger partial charge in [-0.1, -0.05) is 45.0 Å². The van der Waals surface area contributed by atoms with Crippen LogP contribution in [0.15, 0.2) is 24.3 Å². The third kappa shape index (κ3) is 5.75. The fourth-order valence-electron chi connectivity index (χ4n) is 2.19. The molecule has 0 amide bonds. The molecule has 0 aliphatic carbocycles. The Bertz CT molecular complexity index is 360. The average molecular weight is 262 g/mol. The molecule has 1 rings (SSSR count). The van der Waals surface area contributed by atoms with Gasteiger partial charge in [0.25, 0.3) is 0 Å². The predicted molar refractivity (Wildman–Crippen MR) is 84.5 cm³/mol. The lowest BCUT2D eigenvalue weighted by atomic mass is 10.0. The van der Waals surface area contributed by atoms with Gasteiger partial charge in [-0.15, -0.1) is 0 Å². The number of nitrogens with zero attached hydrogens (tertiary/aromatic N) is 1. The molecule has 1 aromatic carbocycles. The van der Waals surface area contributed by atoms with Crippen LogP contribution < -0.4 is 5.32 Å². The van der Waals surface area contributed by atoms with Crippen LogP contribution in [0.2, 0.25) is 0 Å². The maximum atomic E-state index is 3.49. The van der Waals surface area contributed by atoms with E-state index in [1.807, 2.05) is 0 Å². The number of nitrogens with one attached hydrogen (secondary N) is 1. The van der Waals surface area contributed by atoms with Crippen molar-refractivity contribution >= 4 is 0 Å². The lowest BCUT2D eigenvalue weighted by molar-refractivity contribution is 0.243. The standard InChI is InChI=1S/C17H30N2/c1-6-15(4)19(5)13-17-10-8-7-9-16(17)11-12-18-14(2)3/h7-10,14-15,18H,6,11-13H2,1-5H3. The van der Waals surface area contributed by atoms with Gasteiger partial charge in [-0.05, 0) is 44.5 Å². The van der Waals surface area contributed by atoms with Crippen LogP contribution >= 0.6 is 0 Å². The van der Waals surface area contributed by atoms with Gasteiger partial charge in [0, 0.05) is 18.6 Å². The summed E-state index contributed by atoms with van der Waals surface area (Å²) in [7, 11) is 2.22. The summed E-state index contributed by atoms with van der Waals surface area (Å²) in [6, 6.07) is 10.0. The molecule has 108 valence electrons. The first kappa shape index (κ1) is 16.2. The zero-order valence-electron chi connectivity index (χ0n) is 13.2. The molecule has 1 N–H and O–H groups in total. The molecule has 1 atom stereocenters. The van der Waals surface area contributed by atoms with Crippen LogP contribution in [0, 0.1) is 0 Å². The fraction of sp³-hybridized carbons (Fsp3) is 0.647. The molecule has 1 aromatic rings. The minimum atomic E-state index is 0.565. The maximum Gasteiger partial charge on any atom is 0.0236 e. The van der Waals surface area contributed by atoms with Gasteiger partial charge in [0.15, 0.2) is 0 Å². The first-order valence-electron chi connectivity index (χ1n) is 7.55. The van der Waals surface area contributed by atoms with Gasteiger partial charge in [-0.3, -0.25) is 4.90 Å². The third-order valence-corrected chi connectivity index (χ3v) is 3.83. The minimum Gasteiger partial charge on any atom is -0.314 e. The highest BCUT2D eigenvalue weighted by molar-refractivity contribution is 5.27. The molecule has 19 heavy (non-hydrogen) atoms. The van der Waals surface area contributed by atoms with E-state index in [0.717, 1.165) is 19.5 Å². The summed E-state index contributed by atoms with van der Waals surface area (Å²) in [5.74, 6) is 0. The second-order valence-electron chi connectivity index (χ2n) is 5.80. The van der Waals surface area contributed by atoms with Crippen molar-refractivity contribution in [1.29, 1.82) is 0 Å². The highest BCUT2D eigenvalue weighted by Gasteiger charge is 2.09. The normalized spacial score (nSPS) is 13.2. The molecule has 1 unspecified atom stereocenters. The molecule has 0 fully saturated rings. The summed E-state index contributed by atoms with van der Waals surface area (Å²) >= 11 is 0. The van der Waals surface area contributed by atoms with E-state index < -0.39 is 0 Å². The van der Waals surface area contributed by atoms with Crippen molar-refractivity contribution in [1.82, 2.24) is 10.2 Å². The Morgan fingerprint density at radius 1 is 1.11 bits per heavy atom. The SMILES string of the molecule is CCC(C)N(C)Cc1ccccc1CCNC(C)C. The van der Waals surface area contributed by atoms with E-state index in [1.165, 1.54) is 17.5 Å². The topological polar surface area (TPSA) is 15.3 Å². The van der Waals surface area contributed by atoms with Crippen molar-refractivity contribution in [3.63, 3.8) is 0 Å². The minimum absolute atomic E-state index is 0.565. The number of rotatable bonds is 8. The Morgan fingerprint density at radius 2 is 1.74 bits per heavy atom. The average Bonchev–Trinajstić information content (AvgIpc) is 2.39. The van der Waals surface area contributed by atoms with Gasteiger partial charge in [0.05, 0.1) is 0 Å². The number of hydrogen-bond donors (Lipinski definition) is 1. The second-order valence-corrected chi connectivity index (χ2v) is 5.80. The third-order valence-electron chi connectivity index (χ3n) is 3.83. The van der Waals surface area contributed by atoms with E-state index in [1.54, 1.807) is 0 Å². The van der Waals surface area contributed by atoms with Gasteiger partial charge in [-0.25, -0.2) is 0 Å². The molecule has 0 radical (unpaired) electrons. The molecule has 0 spiro atoms. The van der Waals surface area contributed by atoms with E-state index in [4.69, 9.17) is 0 Å². The summed E-state index contributed by atoms with van der Waals surface area (Å²) in [5.41, 5.74) is 2.95. The lowest BCUT2D eigenvalue weighted by Gasteiger charge is -2.24. The van der Waals surface area contributed by atoms with Gasteiger partial charge in [-0.2, -0.15) is 0 Å². The summed E-state index contributed by atoms with van der Waals surface area (Å²) < 4.78 is 0. The van der Waals surface area contributed by atoms with Crippen molar-refractivity contribution in [2.24, 2.45) is 0 Å². The van der Waals surface area contributed by atoms with Gasteiger partial charge >= 0.3 is 0 Å². The van der Waals surface area contributed by atoms with Crippen molar-refractivity contribution in [3.05, 3.63) is 35.4 Å². The van der Waals surface area contributed by atoms with Gasteiger partial charge in [0.2, 0.25) is 0 Å². The van der Waals surface area contributed by atoms with Crippen molar-refractivity contribution in [2.75, 3.05) is 13.6 Å². The molecule has 2 heteroatoms. The number of benzene rings is 1. The highest BCUT2D eigenvalue weighted by Crippen LogP contribution is 2.14. The van der Waals surface area contributed by atoms with Crippen LogP contribution in [0.1, 0.15) is 45.2 Å². The molecular weight excluding hydrogens is 232 g/mol. The van der Waals surface area contributed by atoms with Crippen LogP contribution in [0.3, 0.4) is 0 Å². The summed E-state index contributed by atoms with van der Waals surface area (Å²) in [6.45, 7) is 11.0. The van der Waals surface area contributed by atoms with E-state index in [9.17, 15) is 0 Å². The smallest absolute Gasteiger partial charge is 0.0236 e. The molecular formula is C17H30N2. The molecule has 2 nitrogen and oxygen atoms in total. The highest BCUT2D eigenvalue weighted by atomic mass is 15.1. The summed E-state index contributed by atoms with van der Waals surface area (Å²) in [4.78, 5) is 2.44. The zero-order chi connectivity index (χ0) is 14.3. The monoisotopic (exact) mass is 262 g/mol. The number of hydrogen-bond acceptors (Lipinski definition) is 2. The fourth-order valence-corrected chi connectivity index (χ4v) is 2.19. The largest absolute Gasteiger partial charge is 0.314 e. The maximum absolute atomic E-state index is 3.49. The molecule has 0 aliphatic heterocycles. The van der Waals surface area contributed by atoms with E-state index in [0.29, 0.717) is 12.1 Å². The van der Waals surface area contributed by atoms with Crippen LogP contribution in [0.4, 0.5) is 0 Å². The second kappa shape index (κ2) is 8.34. The van der Waals surface area contributed by atoms with Crippen molar-refractivity contribution < 1.29 is 0 Å². The zero-order valence-corrected chi connectivity index (χ0v) is 13.2. The Morgan fingerprint density at radius 3 is 2.32 bits per heavy atom. The lowest BCUT2D eigenvalue weighted by Crippen LogP contribution is -2.29. The predicted octanol–water partition coefficient (Wildman–Crippen LogP) is 3.46. The van der Waals surface area contributed by atoms with E-state index in [-0.39, 0.29) is 0 Å². The Labute approximate surface area is 119 Å². The van der Waals surface area contributed by atoms with Gasteiger partial charge in [0.1, 0.15) is 0 Å². The van der Waals surface area contributed by atoms with E-state index in [2.05, 4.69) is 69.2 Å². The molecule has 0 saturated carbocycles. The molecule has 0 bridgehead atoms. The first-order chi connectivity index (χ1) is 9.04. The molecule has 0 heterocycles.